The molecule has 1 unspecified atom stereocenters. The fourth-order valence-electron chi connectivity index (χ4n) is 1.46. The molecule has 0 aromatic rings. The molecule has 0 aliphatic carbocycles. The predicted molar refractivity (Wildman–Crippen MR) is 52.6 cm³/mol. The van der Waals surface area contributed by atoms with E-state index in [0.29, 0.717) is 0 Å². The molecule has 0 heteroatoms. The third kappa shape index (κ3) is 5.06. The minimum Gasteiger partial charge on any atom is -0.103 e. The van der Waals surface area contributed by atoms with Crippen molar-refractivity contribution in [2.75, 3.05) is 0 Å². The van der Waals surface area contributed by atoms with Crippen LogP contribution in [0, 0.1) is 17.8 Å². The fourth-order valence-corrected chi connectivity index (χ4v) is 1.46. The summed E-state index contributed by atoms with van der Waals surface area (Å²) in [6, 6.07) is 0. The van der Waals surface area contributed by atoms with Gasteiger partial charge in [-0.05, 0) is 30.6 Å². The van der Waals surface area contributed by atoms with Gasteiger partial charge < -0.3 is 0 Å². The second-order valence-corrected chi connectivity index (χ2v) is 4.16. The Kier molecular flexibility index (Phi) is 5.27. The van der Waals surface area contributed by atoms with Crippen molar-refractivity contribution in [2.24, 2.45) is 17.8 Å². The Hall–Kier alpha value is -0.260. The highest BCUT2D eigenvalue weighted by atomic mass is 14.2. The molecule has 0 fully saturated rings. The van der Waals surface area contributed by atoms with Gasteiger partial charge in [0, 0.05) is 0 Å². The van der Waals surface area contributed by atoms with Crippen LogP contribution in [-0.2, 0) is 0 Å². The molecule has 66 valence electrons. The van der Waals surface area contributed by atoms with Gasteiger partial charge in [0.15, 0.2) is 0 Å². The molecule has 0 bridgehead atoms. The van der Waals surface area contributed by atoms with Crippen molar-refractivity contribution in [1.82, 2.24) is 0 Å². The van der Waals surface area contributed by atoms with E-state index in [2.05, 4.69) is 34.3 Å². The minimum atomic E-state index is 0.801. The maximum atomic E-state index is 3.79. The molecular formula is C11H22. The standard InChI is InChI=1S/C11H22/c1-6-7-11(10(4)5)8-9(2)3/h6,9-11H,1,7-8H2,2-5H3. The molecule has 0 aromatic heterocycles. The van der Waals surface area contributed by atoms with Crippen LogP contribution in [-0.4, -0.2) is 0 Å². The number of rotatable bonds is 5. The van der Waals surface area contributed by atoms with Crippen molar-refractivity contribution < 1.29 is 0 Å². The summed E-state index contributed by atoms with van der Waals surface area (Å²) in [6.45, 7) is 13.0. The van der Waals surface area contributed by atoms with Crippen molar-refractivity contribution in [1.29, 1.82) is 0 Å². The van der Waals surface area contributed by atoms with Gasteiger partial charge in [-0.2, -0.15) is 0 Å². The minimum absolute atomic E-state index is 0.801. The van der Waals surface area contributed by atoms with E-state index >= 15 is 0 Å². The monoisotopic (exact) mass is 154 g/mol. The van der Waals surface area contributed by atoms with Crippen LogP contribution in [0.3, 0.4) is 0 Å². The Balaban J connectivity index is 3.78. The molecule has 0 nitrogen and oxygen atoms in total. The van der Waals surface area contributed by atoms with Gasteiger partial charge in [0.2, 0.25) is 0 Å². The summed E-state index contributed by atoms with van der Waals surface area (Å²) in [7, 11) is 0. The lowest BCUT2D eigenvalue weighted by atomic mass is 9.85. The molecule has 0 aromatic carbocycles. The van der Waals surface area contributed by atoms with Crippen LogP contribution in [0.15, 0.2) is 12.7 Å². The van der Waals surface area contributed by atoms with Gasteiger partial charge in [0.1, 0.15) is 0 Å². The van der Waals surface area contributed by atoms with Crippen LogP contribution in [0.5, 0.6) is 0 Å². The highest BCUT2D eigenvalue weighted by Crippen LogP contribution is 2.23. The molecule has 0 amide bonds. The Morgan fingerprint density at radius 3 is 2.00 bits per heavy atom. The molecule has 0 aliphatic heterocycles. The van der Waals surface area contributed by atoms with E-state index in [0.717, 1.165) is 17.8 Å². The van der Waals surface area contributed by atoms with E-state index in [-0.39, 0.29) is 0 Å². The zero-order valence-electron chi connectivity index (χ0n) is 8.43. The van der Waals surface area contributed by atoms with Gasteiger partial charge in [0.05, 0.1) is 0 Å². The molecule has 0 rings (SSSR count). The van der Waals surface area contributed by atoms with E-state index in [1.165, 1.54) is 12.8 Å². The largest absolute Gasteiger partial charge is 0.103 e. The smallest absolute Gasteiger partial charge is 0.0322 e. The van der Waals surface area contributed by atoms with E-state index in [4.69, 9.17) is 0 Å². The van der Waals surface area contributed by atoms with Crippen LogP contribution >= 0.6 is 0 Å². The average molecular weight is 154 g/mol. The molecule has 0 saturated heterocycles. The third-order valence-corrected chi connectivity index (χ3v) is 2.19. The molecular weight excluding hydrogens is 132 g/mol. The summed E-state index contributed by atoms with van der Waals surface area (Å²) >= 11 is 0. The molecule has 1 atom stereocenters. The Morgan fingerprint density at radius 1 is 1.18 bits per heavy atom. The van der Waals surface area contributed by atoms with Crippen molar-refractivity contribution in [3.8, 4) is 0 Å². The van der Waals surface area contributed by atoms with E-state index in [1.54, 1.807) is 0 Å². The molecule has 0 heterocycles. The molecule has 11 heavy (non-hydrogen) atoms. The van der Waals surface area contributed by atoms with Crippen molar-refractivity contribution >= 4 is 0 Å². The number of hydrogen-bond acceptors (Lipinski definition) is 0. The Labute approximate surface area is 71.7 Å². The van der Waals surface area contributed by atoms with Crippen LogP contribution in [0.1, 0.15) is 40.5 Å². The predicted octanol–water partition coefficient (Wildman–Crippen LogP) is 3.88. The summed E-state index contributed by atoms with van der Waals surface area (Å²) in [5.74, 6) is 2.46. The zero-order chi connectivity index (χ0) is 8.85. The average Bonchev–Trinajstić information content (AvgIpc) is 1.86. The fraction of sp³-hybridized carbons (Fsp3) is 0.818. The first-order chi connectivity index (χ1) is 5.07. The molecule has 0 N–H and O–H groups in total. The quantitative estimate of drug-likeness (QED) is 0.527. The van der Waals surface area contributed by atoms with Gasteiger partial charge in [-0.15, -0.1) is 6.58 Å². The van der Waals surface area contributed by atoms with Crippen LogP contribution < -0.4 is 0 Å². The lowest BCUT2D eigenvalue weighted by Crippen LogP contribution is -2.10. The van der Waals surface area contributed by atoms with Crippen molar-refractivity contribution in [3.63, 3.8) is 0 Å². The number of allylic oxidation sites excluding steroid dienone is 1. The Bertz CT molecular complexity index is 101. The van der Waals surface area contributed by atoms with Gasteiger partial charge in [-0.25, -0.2) is 0 Å². The van der Waals surface area contributed by atoms with E-state index in [1.807, 2.05) is 6.08 Å². The SMILES string of the molecule is C=CCC(CC(C)C)C(C)C. The topological polar surface area (TPSA) is 0 Å². The van der Waals surface area contributed by atoms with Gasteiger partial charge >= 0.3 is 0 Å². The first-order valence-electron chi connectivity index (χ1n) is 4.68. The second-order valence-electron chi connectivity index (χ2n) is 4.16. The second kappa shape index (κ2) is 5.40. The first-order valence-corrected chi connectivity index (χ1v) is 4.68. The maximum Gasteiger partial charge on any atom is -0.0322 e. The zero-order valence-corrected chi connectivity index (χ0v) is 8.43. The van der Waals surface area contributed by atoms with Crippen LogP contribution in [0.25, 0.3) is 0 Å². The van der Waals surface area contributed by atoms with Gasteiger partial charge in [-0.3, -0.25) is 0 Å². The van der Waals surface area contributed by atoms with Crippen molar-refractivity contribution in [2.45, 2.75) is 40.5 Å². The summed E-state index contributed by atoms with van der Waals surface area (Å²) in [6.07, 6.45) is 4.56. The summed E-state index contributed by atoms with van der Waals surface area (Å²) in [5, 5.41) is 0. The summed E-state index contributed by atoms with van der Waals surface area (Å²) in [5.41, 5.74) is 0. The lowest BCUT2D eigenvalue weighted by molar-refractivity contribution is 0.320. The summed E-state index contributed by atoms with van der Waals surface area (Å²) in [4.78, 5) is 0. The van der Waals surface area contributed by atoms with Crippen LogP contribution in [0.4, 0.5) is 0 Å². The van der Waals surface area contributed by atoms with Crippen LogP contribution in [0.2, 0.25) is 0 Å². The van der Waals surface area contributed by atoms with E-state index in [9.17, 15) is 0 Å². The first kappa shape index (κ1) is 10.7. The summed E-state index contributed by atoms with van der Waals surface area (Å²) < 4.78 is 0. The normalized spacial score (nSPS) is 14.0. The molecule has 0 aliphatic rings. The van der Waals surface area contributed by atoms with Crippen molar-refractivity contribution in [3.05, 3.63) is 12.7 Å². The van der Waals surface area contributed by atoms with Gasteiger partial charge in [-0.1, -0.05) is 33.8 Å². The Morgan fingerprint density at radius 2 is 1.73 bits per heavy atom. The highest BCUT2D eigenvalue weighted by molar-refractivity contribution is 4.75. The maximum absolute atomic E-state index is 3.79. The molecule has 0 saturated carbocycles. The highest BCUT2D eigenvalue weighted by Gasteiger charge is 2.12. The lowest BCUT2D eigenvalue weighted by Gasteiger charge is -2.20. The number of hydrogen-bond donors (Lipinski definition) is 0. The van der Waals surface area contributed by atoms with Gasteiger partial charge in [0.25, 0.3) is 0 Å². The molecule has 0 radical (unpaired) electrons. The van der Waals surface area contributed by atoms with E-state index < -0.39 is 0 Å². The molecule has 0 spiro atoms. The third-order valence-electron chi connectivity index (χ3n) is 2.19.